The molecule has 6 aromatic rings. The van der Waals surface area contributed by atoms with Gasteiger partial charge in [0.1, 0.15) is 11.3 Å². The van der Waals surface area contributed by atoms with Crippen LogP contribution in [-0.4, -0.2) is 15.9 Å². The smallest absolute Gasteiger partial charge is 0.164 e. The summed E-state index contributed by atoms with van der Waals surface area (Å²) in [5.41, 5.74) is 3.81. The monoisotopic (exact) mass is 845 g/mol. The number of carbonyl (C=O) groups is 1. The molecule has 0 aliphatic carbocycles. The first-order chi connectivity index (χ1) is 21.8. The number of rotatable bonds is 8. The zero-order valence-corrected chi connectivity index (χ0v) is 33.0. The number of furan rings is 1. The minimum absolute atomic E-state index is 0. The Morgan fingerprint density at radius 2 is 1.60 bits per heavy atom. The van der Waals surface area contributed by atoms with Crippen LogP contribution in [0.3, 0.4) is 0 Å². The summed E-state index contributed by atoms with van der Waals surface area (Å²) in [5.74, 6) is 0.286. The Balaban J connectivity index is 0.000000242. The van der Waals surface area contributed by atoms with Gasteiger partial charge in [0.05, 0.1) is 6.26 Å². The number of aliphatic hydroxyl groups excluding tert-OH is 1. The molecule has 4 heterocycles. The number of nitrogens with zero attached hydrogens (tertiary/aromatic N) is 1. The van der Waals surface area contributed by atoms with E-state index in [0.717, 1.165) is 42.5 Å². The number of allylic oxidation sites excluding steroid dienone is 2. The average Bonchev–Trinajstić information content (AvgIpc) is 3.81. The Bertz CT molecular complexity index is 2050. The van der Waals surface area contributed by atoms with Crippen LogP contribution in [0.25, 0.3) is 52.5 Å². The normalized spacial score (nSPS) is 12.8. The summed E-state index contributed by atoms with van der Waals surface area (Å²) in [7, 11) is 0. The number of hydrogen-bond acceptors (Lipinski definition) is 6. The van der Waals surface area contributed by atoms with Gasteiger partial charge in [0.15, 0.2) is 5.78 Å². The van der Waals surface area contributed by atoms with Gasteiger partial charge in [0.2, 0.25) is 0 Å². The van der Waals surface area contributed by atoms with Crippen molar-refractivity contribution in [3.05, 3.63) is 77.7 Å². The molecule has 251 valence electrons. The molecular weight excluding hydrogens is 799 g/mol. The van der Waals surface area contributed by atoms with Gasteiger partial charge in [-0.25, -0.2) is 0 Å². The molecule has 1 N–H and O–H groups in total. The molecule has 0 saturated heterocycles. The van der Waals surface area contributed by atoms with Crippen LogP contribution in [-0.2, 0) is 30.3 Å². The van der Waals surface area contributed by atoms with Gasteiger partial charge >= 0.3 is 0 Å². The number of aromatic nitrogens is 1. The molecule has 0 amide bonds. The van der Waals surface area contributed by atoms with E-state index >= 15 is 0 Å². The van der Waals surface area contributed by atoms with E-state index in [9.17, 15) is 9.90 Å². The summed E-state index contributed by atoms with van der Waals surface area (Å²) in [5, 5.41) is 17.1. The molecule has 47 heavy (non-hydrogen) atoms. The van der Waals surface area contributed by atoms with Crippen molar-refractivity contribution >= 4 is 69.7 Å². The van der Waals surface area contributed by atoms with Crippen molar-refractivity contribution < 1.29 is 34.4 Å². The standard InChI is InChI=1S/C25H18NOS2.C15H28O2.Ir/c1-25(2,3)18-13-15(12-14-8-11-28-23(14)18)22-21-17-4-5-19-16(7-10-27-19)24(17)29-20(21)6-9-26-22;1-7-14(5,8-2)12(16)11-13(17)15(6,9-3)10-4;/h4-11,13H,1-3H3;11,16H,7-10H2,1-6H3;/q-1;;/b;12-11-;. The summed E-state index contributed by atoms with van der Waals surface area (Å²) in [4.78, 5) is 17.0. The first-order valence-corrected chi connectivity index (χ1v) is 18.1. The van der Waals surface area contributed by atoms with Gasteiger partial charge < -0.3 is 9.52 Å². The molecule has 0 aliphatic heterocycles. The van der Waals surface area contributed by atoms with Crippen LogP contribution in [0.15, 0.2) is 70.5 Å². The van der Waals surface area contributed by atoms with Crippen LogP contribution in [0.5, 0.6) is 0 Å². The van der Waals surface area contributed by atoms with Crippen molar-refractivity contribution in [2.75, 3.05) is 0 Å². The molecule has 1 radical (unpaired) electrons. The van der Waals surface area contributed by atoms with Gasteiger partial charge in [-0.3, -0.25) is 9.78 Å². The molecule has 4 nitrogen and oxygen atoms in total. The Labute approximate surface area is 300 Å². The number of ketones is 1. The molecule has 0 unspecified atom stereocenters. The molecule has 0 saturated carbocycles. The largest absolute Gasteiger partial charge is 0.512 e. The van der Waals surface area contributed by atoms with Crippen molar-refractivity contribution in [3.8, 4) is 11.3 Å². The third-order valence-electron chi connectivity index (χ3n) is 10.1. The molecule has 0 spiro atoms. The first kappa shape index (κ1) is 37.0. The summed E-state index contributed by atoms with van der Waals surface area (Å²) >= 11 is 3.60. The fourth-order valence-electron chi connectivity index (χ4n) is 5.80. The predicted octanol–water partition coefficient (Wildman–Crippen LogP) is 12.8. The number of pyridine rings is 1. The van der Waals surface area contributed by atoms with Crippen LogP contribution >= 0.6 is 22.7 Å². The molecule has 0 atom stereocenters. The van der Waals surface area contributed by atoms with Crippen LogP contribution in [0.4, 0.5) is 0 Å². The van der Waals surface area contributed by atoms with Gasteiger partial charge in [-0.1, -0.05) is 73.4 Å². The Hall–Kier alpha value is -2.83. The Morgan fingerprint density at radius 3 is 2.23 bits per heavy atom. The van der Waals surface area contributed by atoms with Gasteiger partial charge in [0, 0.05) is 63.7 Å². The van der Waals surface area contributed by atoms with Gasteiger partial charge in [-0.15, -0.1) is 34.9 Å². The topological polar surface area (TPSA) is 63.3 Å². The second-order valence-electron chi connectivity index (χ2n) is 13.8. The van der Waals surface area contributed by atoms with Crippen molar-refractivity contribution in [1.29, 1.82) is 0 Å². The van der Waals surface area contributed by atoms with E-state index in [0.29, 0.717) is 0 Å². The fourth-order valence-corrected chi connectivity index (χ4v) is 8.10. The molecule has 0 fully saturated rings. The summed E-state index contributed by atoms with van der Waals surface area (Å²) < 4.78 is 9.44. The van der Waals surface area contributed by atoms with E-state index in [1.807, 2.05) is 59.1 Å². The van der Waals surface area contributed by atoms with Crippen LogP contribution in [0, 0.1) is 16.9 Å². The number of fused-ring (bicyclic) bond motifs is 6. The molecule has 6 rings (SSSR count). The maximum atomic E-state index is 12.2. The van der Waals surface area contributed by atoms with Crippen molar-refractivity contribution in [3.63, 3.8) is 0 Å². The zero-order valence-electron chi connectivity index (χ0n) is 29.0. The SMILES string of the molecule is CC(C)(C)c1cc(-c2nccc3sc4c5ccoc5ccc4c23)[c-]c2ccsc12.CCC(C)(CC)C(=O)/C=C(\O)C(C)(CC)CC.[Ir]. The van der Waals surface area contributed by atoms with Crippen LogP contribution < -0.4 is 0 Å². The van der Waals surface area contributed by atoms with Crippen LogP contribution in [0.1, 0.15) is 93.6 Å². The molecule has 0 bridgehead atoms. The second-order valence-corrected chi connectivity index (χ2v) is 15.8. The van der Waals surface area contributed by atoms with Crippen LogP contribution in [0.2, 0.25) is 0 Å². The number of benzene rings is 2. The van der Waals surface area contributed by atoms with Crippen molar-refractivity contribution in [2.45, 2.75) is 93.4 Å². The van der Waals surface area contributed by atoms with Crippen molar-refractivity contribution in [1.82, 2.24) is 4.98 Å². The molecule has 4 aromatic heterocycles. The summed E-state index contributed by atoms with van der Waals surface area (Å²) in [6, 6.07) is 16.5. The number of aliphatic hydroxyl groups is 1. The van der Waals surface area contributed by atoms with Gasteiger partial charge in [-0.05, 0) is 76.2 Å². The van der Waals surface area contributed by atoms with Gasteiger partial charge in [0.25, 0.3) is 0 Å². The maximum Gasteiger partial charge on any atom is 0.164 e. The molecular formula is C40H46IrNO3S2-. The first-order valence-electron chi connectivity index (χ1n) is 16.4. The minimum Gasteiger partial charge on any atom is -0.512 e. The van der Waals surface area contributed by atoms with Gasteiger partial charge in [-0.2, -0.15) is 11.3 Å². The quantitative estimate of drug-likeness (QED) is 0.0942. The molecule has 7 heteroatoms. The number of thiophene rings is 2. The third kappa shape index (κ3) is 7.01. The zero-order chi connectivity index (χ0) is 33.4. The van der Waals surface area contributed by atoms with Crippen molar-refractivity contribution in [2.24, 2.45) is 10.8 Å². The number of hydrogen-bond donors (Lipinski definition) is 1. The van der Waals surface area contributed by atoms with E-state index < -0.39 is 0 Å². The second kappa shape index (κ2) is 14.3. The van der Waals surface area contributed by atoms with E-state index in [2.05, 4.69) is 68.6 Å². The number of carbonyl (C=O) groups excluding carboxylic acids is 1. The van der Waals surface area contributed by atoms with E-state index in [-0.39, 0.29) is 47.9 Å². The Morgan fingerprint density at radius 1 is 0.915 bits per heavy atom. The molecule has 0 aliphatic rings. The predicted molar refractivity (Wildman–Crippen MR) is 198 cm³/mol. The van der Waals surface area contributed by atoms with E-state index in [1.165, 1.54) is 47.3 Å². The summed E-state index contributed by atoms with van der Waals surface area (Å²) in [6.45, 7) is 18.9. The van der Waals surface area contributed by atoms with E-state index in [4.69, 9.17) is 9.40 Å². The third-order valence-corrected chi connectivity index (χ3v) is 12.3. The van der Waals surface area contributed by atoms with E-state index in [1.54, 1.807) is 17.6 Å². The minimum atomic E-state index is -0.337. The summed E-state index contributed by atoms with van der Waals surface area (Å²) in [6.07, 6.45) is 8.44. The average molecular weight is 845 g/mol. The maximum absolute atomic E-state index is 12.2. The Kier molecular flexibility index (Phi) is 11.3. The fraction of sp³-hybridized carbons (Fsp3) is 0.400. The molecule has 2 aromatic carbocycles.